The van der Waals surface area contributed by atoms with E-state index in [1.54, 1.807) is 30.3 Å². The summed E-state index contributed by atoms with van der Waals surface area (Å²) in [5.41, 5.74) is 2.16. The summed E-state index contributed by atoms with van der Waals surface area (Å²) in [7, 11) is 0. The van der Waals surface area contributed by atoms with Crippen LogP contribution in [0, 0.1) is 11.8 Å². The van der Waals surface area contributed by atoms with Crippen molar-refractivity contribution in [2.45, 2.75) is 32.1 Å². The lowest BCUT2D eigenvalue weighted by Gasteiger charge is -2.36. The molecule has 0 amide bonds. The zero-order valence-electron chi connectivity index (χ0n) is 12.7. The number of hydrogen-bond acceptors (Lipinski definition) is 5. The molecule has 1 aromatic rings. The average molecular weight is 331 g/mol. The molecule has 4 N–H and O–H groups in total. The Morgan fingerprint density at radius 1 is 1.26 bits per heavy atom. The van der Waals surface area contributed by atoms with Gasteiger partial charge in [0.25, 0.3) is 0 Å². The summed E-state index contributed by atoms with van der Waals surface area (Å²) in [6.45, 7) is 2.49. The summed E-state index contributed by atoms with van der Waals surface area (Å²) in [5.74, 6) is -11.3. The second-order valence-corrected chi connectivity index (χ2v) is 5.52. The van der Waals surface area contributed by atoms with Crippen LogP contribution in [0.1, 0.15) is 19.4 Å². The summed E-state index contributed by atoms with van der Waals surface area (Å²) in [6, 6.07) is 8.44. The molecular formula is C15H19F2NO5. The molecule has 0 aliphatic carbocycles. The van der Waals surface area contributed by atoms with Crippen LogP contribution in [0.3, 0.4) is 0 Å². The molecule has 0 heterocycles. The number of rotatable bonds is 7. The van der Waals surface area contributed by atoms with E-state index in [1.165, 1.54) is 13.8 Å². The third-order valence-electron chi connectivity index (χ3n) is 3.39. The molecule has 6 nitrogen and oxygen atoms in total. The van der Waals surface area contributed by atoms with E-state index in [1.807, 2.05) is 0 Å². The molecule has 8 heteroatoms. The zero-order chi connectivity index (χ0) is 17.8. The van der Waals surface area contributed by atoms with Crippen LogP contribution < -0.4 is 5.73 Å². The zero-order valence-corrected chi connectivity index (χ0v) is 12.7. The standard InChI is InChI=1S/C15H19F2NO5/c1-9(2)11(15(18,22)14(16,17)13(20)21)12(19)23-8-10-6-4-3-5-7-10/h3-7,9,11,22H,8,18H2,1-2H3,(H,20,21). The number of esters is 1. The maximum atomic E-state index is 13.7. The number of hydrogen-bond donors (Lipinski definition) is 3. The fourth-order valence-electron chi connectivity index (χ4n) is 2.15. The van der Waals surface area contributed by atoms with Gasteiger partial charge in [0.05, 0.1) is 0 Å². The molecule has 0 aliphatic rings. The Kier molecular flexibility index (Phi) is 5.79. The largest absolute Gasteiger partial charge is 0.477 e. The number of carboxylic acid groups (broad SMARTS) is 1. The van der Waals surface area contributed by atoms with E-state index < -0.39 is 35.4 Å². The lowest BCUT2D eigenvalue weighted by atomic mass is 9.82. The molecule has 1 rings (SSSR count). The molecule has 0 saturated heterocycles. The lowest BCUT2D eigenvalue weighted by Crippen LogP contribution is -2.67. The Bertz CT molecular complexity index is 560. The second kappa shape index (κ2) is 7.01. The number of ether oxygens (including phenoxy) is 1. The van der Waals surface area contributed by atoms with E-state index >= 15 is 0 Å². The summed E-state index contributed by atoms with van der Waals surface area (Å²) in [6.07, 6.45) is 0. The van der Waals surface area contributed by atoms with E-state index in [-0.39, 0.29) is 6.61 Å². The average Bonchev–Trinajstić information content (AvgIpc) is 2.45. The van der Waals surface area contributed by atoms with Gasteiger partial charge >= 0.3 is 17.9 Å². The van der Waals surface area contributed by atoms with Crippen LogP contribution in [0.5, 0.6) is 0 Å². The Morgan fingerprint density at radius 3 is 2.22 bits per heavy atom. The number of nitrogens with two attached hydrogens (primary N) is 1. The highest BCUT2D eigenvalue weighted by molar-refractivity contribution is 5.81. The van der Waals surface area contributed by atoms with Crippen LogP contribution in [-0.2, 0) is 20.9 Å². The maximum absolute atomic E-state index is 13.7. The highest BCUT2D eigenvalue weighted by Crippen LogP contribution is 2.36. The van der Waals surface area contributed by atoms with Crippen molar-refractivity contribution in [3.8, 4) is 0 Å². The molecule has 0 spiro atoms. The van der Waals surface area contributed by atoms with Crippen molar-refractivity contribution >= 4 is 11.9 Å². The molecule has 0 saturated carbocycles. The molecule has 2 unspecified atom stereocenters. The maximum Gasteiger partial charge on any atom is 0.384 e. The minimum Gasteiger partial charge on any atom is -0.477 e. The van der Waals surface area contributed by atoms with Crippen molar-refractivity contribution in [2.24, 2.45) is 17.6 Å². The molecule has 0 aromatic heterocycles. The van der Waals surface area contributed by atoms with Gasteiger partial charge in [-0.3, -0.25) is 10.5 Å². The second-order valence-electron chi connectivity index (χ2n) is 5.52. The number of halogens is 2. The van der Waals surface area contributed by atoms with E-state index in [0.29, 0.717) is 5.56 Å². The number of carboxylic acids is 1. The Morgan fingerprint density at radius 2 is 1.78 bits per heavy atom. The predicted molar refractivity (Wildman–Crippen MR) is 76.3 cm³/mol. The van der Waals surface area contributed by atoms with Gasteiger partial charge < -0.3 is 14.9 Å². The van der Waals surface area contributed by atoms with Crippen molar-refractivity contribution in [2.75, 3.05) is 0 Å². The molecule has 23 heavy (non-hydrogen) atoms. The highest BCUT2D eigenvalue weighted by atomic mass is 19.3. The van der Waals surface area contributed by atoms with Crippen LogP contribution in [0.4, 0.5) is 8.78 Å². The molecular weight excluding hydrogens is 312 g/mol. The normalized spacial score (nSPS) is 15.8. The summed E-state index contributed by atoms with van der Waals surface area (Å²) < 4.78 is 32.3. The predicted octanol–water partition coefficient (Wildman–Crippen LogP) is 1.37. The van der Waals surface area contributed by atoms with Crippen LogP contribution in [0.15, 0.2) is 30.3 Å². The summed E-state index contributed by atoms with van der Waals surface area (Å²) in [5, 5.41) is 18.4. The van der Waals surface area contributed by atoms with Gasteiger partial charge in [0, 0.05) is 0 Å². The van der Waals surface area contributed by atoms with Crippen molar-refractivity contribution < 1.29 is 33.3 Å². The minimum absolute atomic E-state index is 0.211. The van der Waals surface area contributed by atoms with Gasteiger partial charge in [0.1, 0.15) is 12.5 Å². The highest BCUT2D eigenvalue weighted by Gasteiger charge is 2.63. The monoisotopic (exact) mass is 331 g/mol. The number of aliphatic hydroxyl groups is 1. The topological polar surface area (TPSA) is 110 Å². The fourth-order valence-corrected chi connectivity index (χ4v) is 2.15. The van der Waals surface area contributed by atoms with E-state index in [4.69, 9.17) is 15.6 Å². The Labute approximate surface area is 131 Å². The van der Waals surface area contributed by atoms with Gasteiger partial charge in [-0.15, -0.1) is 0 Å². The van der Waals surface area contributed by atoms with Gasteiger partial charge in [-0.2, -0.15) is 8.78 Å². The first-order chi connectivity index (χ1) is 10.5. The van der Waals surface area contributed by atoms with E-state index in [2.05, 4.69) is 0 Å². The van der Waals surface area contributed by atoms with Crippen LogP contribution in [-0.4, -0.2) is 33.8 Å². The van der Waals surface area contributed by atoms with Gasteiger partial charge in [-0.25, -0.2) is 4.79 Å². The van der Waals surface area contributed by atoms with Gasteiger partial charge in [0.2, 0.25) is 5.72 Å². The summed E-state index contributed by atoms with van der Waals surface area (Å²) >= 11 is 0. The third-order valence-corrected chi connectivity index (χ3v) is 3.39. The smallest absolute Gasteiger partial charge is 0.384 e. The Hall–Kier alpha value is -2.06. The van der Waals surface area contributed by atoms with Gasteiger partial charge in [0.15, 0.2) is 0 Å². The number of alkyl halides is 2. The first-order valence-electron chi connectivity index (χ1n) is 6.84. The third kappa shape index (κ3) is 4.02. The minimum atomic E-state index is -4.71. The van der Waals surface area contributed by atoms with Crippen molar-refractivity contribution in [1.29, 1.82) is 0 Å². The number of carbonyl (C=O) groups is 2. The number of carbonyl (C=O) groups excluding carboxylic acids is 1. The SMILES string of the molecule is CC(C)C(C(=O)OCc1ccccc1)C(N)(O)C(F)(F)C(=O)O. The number of benzene rings is 1. The lowest BCUT2D eigenvalue weighted by molar-refractivity contribution is -0.230. The molecule has 0 aliphatic heterocycles. The first kappa shape index (κ1) is 19.0. The van der Waals surface area contributed by atoms with E-state index in [9.17, 15) is 23.5 Å². The van der Waals surface area contributed by atoms with Crippen molar-refractivity contribution in [3.05, 3.63) is 35.9 Å². The molecule has 0 radical (unpaired) electrons. The van der Waals surface area contributed by atoms with Gasteiger partial charge in [-0.1, -0.05) is 44.2 Å². The van der Waals surface area contributed by atoms with Crippen molar-refractivity contribution in [1.82, 2.24) is 0 Å². The van der Waals surface area contributed by atoms with E-state index in [0.717, 1.165) is 0 Å². The molecule has 0 fully saturated rings. The van der Waals surface area contributed by atoms with Crippen LogP contribution in [0.25, 0.3) is 0 Å². The fraction of sp³-hybridized carbons (Fsp3) is 0.467. The molecule has 0 bridgehead atoms. The molecule has 1 aromatic carbocycles. The van der Waals surface area contributed by atoms with Crippen LogP contribution >= 0.6 is 0 Å². The van der Waals surface area contributed by atoms with Gasteiger partial charge in [-0.05, 0) is 11.5 Å². The van der Waals surface area contributed by atoms with Crippen LogP contribution in [0.2, 0.25) is 0 Å². The number of aliphatic carboxylic acids is 1. The first-order valence-corrected chi connectivity index (χ1v) is 6.84. The molecule has 2 atom stereocenters. The molecule has 128 valence electrons. The quantitative estimate of drug-likeness (QED) is 0.514. The Balaban J connectivity index is 2.97. The summed E-state index contributed by atoms with van der Waals surface area (Å²) in [4.78, 5) is 22.7. The van der Waals surface area contributed by atoms with Crippen molar-refractivity contribution in [3.63, 3.8) is 0 Å².